The molecule has 0 aliphatic rings. The van der Waals surface area contributed by atoms with Gasteiger partial charge in [-0.05, 0) is 24.6 Å². The Bertz CT molecular complexity index is 380. The number of hydrogen-bond donors (Lipinski definition) is 0. The molecule has 0 aliphatic heterocycles. The largest absolute Gasteiger partial charge is 0.490 e. The number of benzene rings is 1. The monoisotopic (exact) mass is 244 g/mol. The summed E-state index contributed by atoms with van der Waals surface area (Å²) in [6.07, 6.45) is 0.776. The number of ether oxygens (including phenoxy) is 2. The van der Waals surface area contributed by atoms with E-state index < -0.39 is 6.61 Å². The van der Waals surface area contributed by atoms with E-state index in [2.05, 4.69) is 4.74 Å². The molecule has 5 heteroatoms. The molecule has 1 unspecified atom stereocenters. The summed E-state index contributed by atoms with van der Waals surface area (Å²) in [6, 6.07) is 4.49. The first-order valence-electron chi connectivity index (χ1n) is 5.25. The molecule has 0 saturated carbocycles. The second-order valence-electron chi connectivity index (χ2n) is 3.44. The molecular weight excluding hydrogens is 230 g/mol. The molecule has 3 nitrogen and oxygen atoms in total. The van der Waals surface area contributed by atoms with Crippen LogP contribution in [-0.2, 0) is 4.79 Å². The molecule has 1 rings (SSSR count). The predicted molar refractivity (Wildman–Crippen MR) is 58.7 cm³/mol. The van der Waals surface area contributed by atoms with Gasteiger partial charge in [0.25, 0.3) is 0 Å². The number of alkyl halides is 2. The Kier molecular flexibility index (Phi) is 4.87. The van der Waals surface area contributed by atoms with Gasteiger partial charge < -0.3 is 14.3 Å². The van der Waals surface area contributed by atoms with Gasteiger partial charge in [-0.25, -0.2) is 0 Å². The van der Waals surface area contributed by atoms with Crippen molar-refractivity contribution in [2.24, 2.45) is 0 Å². The maximum absolute atomic E-state index is 12.1. The Balaban J connectivity index is 3.02. The van der Waals surface area contributed by atoms with Gasteiger partial charge in [0.15, 0.2) is 11.5 Å². The number of hydrogen-bond acceptors (Lipinski definition) is 3. The first-order valence-corrected chi connectivity index (χ1v) is 5.25. The lowest BCUT2D eigenvalue weighted by Crippen LogP contribution is -2.05. The third-order valence-corrected chi connectivity index (χ3v) is 2.21. The lowest BCUT2D eigenvalue weighted by molar-refractivity contribution is -0.108. The smallest absolute Gasteiger partial charge is 0.387 e. The molecule has 0 aromatic heterocycles. The molecule has 0 fully saturated rings. The summed E-state index contributed by atoms with van der Waals surface area (Å²) in [5.74, 6) is -0.113. The van der Waals surface area contributed by atoms with E-state index in [0.717, 1.165) is 6.29 Å². The van der Waals surface area contributed by atoms with Crippen LogP contribution in [0, 0.1) is 0 Å². The van der Waals surface area contributed by atoms with Crippen molar-refractivity contribution >= 4 is 6.29 Å². The van der Waals surface area contributed by atoms with Crippen molar-refractivity contribution in [2.45, 2.75) is 26.4 Å². The van der Waals surface area contributed by atoms with Crippen molar-refractivity contribution in [1.29, 1.82) is 0 Å². The lowest BCUT2D eigenvalue weighted by atomic mass is 10.0. The van der Waals surface area contributed by atoms with Crippen LogP contribution >= 0.6 is 0 Å². The molecular formula is C12H14F2O3. The average molecular weight is 244 g/mol. The van der Waals surface area contributed by atoms with Crippen LogP contribution in [0.3, 0.4) is 0 Å². The number of carbonyl (C=O) groups excluding carboxylic acids is 1. The molecule has 0 bridgehead atoms. The maximum Gasteiger partial charge on any atom is 0.387 e. The Morgan fingerprint density at radius 2 is 2.06 bits per heavy atom. The molecule has 0 N–H and O–H groups in total. The second-order valence-corrected chi connectivity index (χ2v) is 3.44. The van der Waals surface area contributed by atoms with Gasteiger partial charge in [0.1, 0.15) is 6.29 Å². The highest BCUT2D eigenvalue weighted by Crippen LogP contribution is 2.31. The zero-order valence-corrected chi connectivity index (χ0v) is 9.65. The summed E-state index contributed by atoms with van der Waals surface area (Å²) < 4.78 is 33.8. The van der Waals surface area contributed by atoms with E-state index in [0.29, 0.717) is 12.2 Å². The van der Waals surface area contributed by atoms with Crippen molar-refractivity contribution in [3.8, 4) is 11.5 Å². The molecule has 0 heterocycles. The molecule has 17 heavy (non-hydrogen) atoms. The Hall–Kier alpha value is -1.65. The summed E-state index contributed by atoms with van der Waals surface area (Å²) in [7, 11) is 0. The third-order valence-electron chi connectivity index (χ3n) is 2.21. The van der Waals surface area contributed by atoms with E-state index in [4.69, 9.17) is 4.74 Å². The SMILES string of the molecule is CCOc1cc(C(C)C=O)ccc1OC(F)F. The van der Waals surface area contributed by atoms with E-state index in [-0.39, 0.29) is 17.4 Å². The van der Waals surface area contributed by atoms with E-state index in [1.165, 1.54) is 6.07 Å². The van der Waals surface area contributed by atoms with Crippen LogP contribution in [0.25, 0.3) is 0 Å². The summed E-state index contributed by atoms with van der Waals surface area (Å²) in [4.78, 5) is 10.6. The molecule has 0 aliphatic carbocycles. The average Bonchev–Trinajstić information content (AvgIpc) is 2.30. The van der Waals surface area contributed by atoms with E-state index in [1.54, 1.807) is 26.0 Å². The molecule has 0 radical (unpaired) electrons. The minimum Gasteiger partial charge on any atom is -0.490 e. The van der Waals surface area contributed by atoms with Gasteiger partial charge in [0.2, 0.25) is 0 Å². The van der Waals surface area contributed by atoms with Gasteiger partial charge in [0.05, 0.1) is 6.61 Å². The Morgan fingerprint density at radius 3 is 2.59 bits per heavy atom. The van der Waals surface area contributed by atoms with Crippen molar-refractivity contribution in [1.82, 2.24) is 0 Å². The molecule has 0 saturated heterocycles. The zero-order chi connectivity index (χ0) is 12.8. The number of aldehydes is 1. The van der Waals surface area contributed by atoms with Crippen LogP contribution in [0.4, 0.5) is 8.78 Å². The van der Waals surface area contributed by atoms with Gasteiger partial charge in [-0.1, -0.05) is 13.0 Å². The number of halogens is 2. The molecule has 94 valence electrons. The van der Waals surface area contributed by atoms with Gasteiger partial charge in [-0.2, -0.15) is 8.78 Å². The van der Waals surface area contributed by atoms with Crippen LogP contribution < -0.4 is 9.47 Å². The lowest BCUT2D eigenvalue weighted by Gasteiger charge is -2.13. The van der Waals surface area contributed by atoms with E-state index in [9.17, 15) is 13.6 Å². The first kappa shape index (κ1) is 13.4. The van der Waals surface area contributed by atoms with Crippen LogP contribution in [0.1, 0.15) is 25.3 Å². The summed E-state index contributed by atoms with van der Waals surface area (Å²) in [5.41, 5.74) is 0.699. The topological polar surface area (TPSA) is 35.5 Å². The first-order chi connectivity index (χ1) is 8.08. The van der Waals surface area contributed by atoms with Crippen molar-refractivity contribution in [3.63, 3.8) is 0 Å². The molecule has 1 aromatic carbocycles. The Morgan fingerprint density at radius 1 is 1.35 bits per heavy atom. The second kappa shape index (κ2) is 6.18. The minimum absolute atomic E-state index is 0.0244. The number of rotatable bonds is 6. The highest BCUT2D eigenvalue weighted by molar-refractivity contribution is 5.62. The highest BCUT2D eigenvalue weighted by Gasteiger charge is 2.13. The molecule has 1 aromatic rings. The number of carbonyl (C=O) groups is 1. The molecule has 0 spiro atoms. The standard InChI is InChI=1S/C12H14F2O3/c1-3-16-11-6-9(8(2)7-15)4-5-10(11)17-12(13)14/h4-8,12H,3H2,1-2H3. The van der Waals surface area contributed by atoms with Gasteiger partial charge >= 0.3 is 6.61 Å². The Labute approximate surface area is 98.3 Å². The summed E-state index contributed by atoms with van der Waals surface area (Å²) in [5, 5.41) is 0. The van der Waals surface area contributed by atoms with Crippen LogP contribution in [0.2, 0.25) is 0 Å². The predicted octanol–water partition coefficient (Wildman–Crippen LogP) is 2.99. The van der Waals surface area contributed by atoms with Crippen molar-refractivity contribution in [3.05, 3.63) is 23.8 Å². The van der Waals surface area contributed by atoms with Crippen LogP contribution in [0.15, 0.2) is 18.2 Å². The van der Waals surface area contributed by atoms with Crippen molar-refractivity contribution < 1.29 is 23.0 Å². The van der Waals surface area contributed by atoms with Gasteiger partial charge in [-0.3, -0.25) is 0 Å². The van der Waals surface area contributed by atoms with Crippen molar-refractivity contribution in [2.75, 3.05) is 6.61 Å². The third kappa shape index (κ3) is 3.69. The fourth-order valence-electron chi connectivity index (χ4n) is 1.35. The van der Waals surface area contributed by atoms with Crippen LogP contribution in [-0.4, -0.2) is 19.5 Å². The van der Waals surface area contributed by atoms with Gasteiger partial charge in [0, 0.05) is 5.92 Å². The fourth-order valence-corrected chi connectivity index (χ4v) is 1.35. The normalized spacial score (nSPS) is 12.3. The quantitative estimate of drug-likeness (QED) is 0.721. The molecule has 0 amide bonds. The van der Waals surface area contributed by atoms with Gasteiger partial charge in [-0.15, -0.1) is 0 Å². The van der Waals surface area contributed by atoms with E-state index >= 15 is 0 Å². The zero-order valence-electron chi connectivity index (χ0n) is 9.65. The summed E-state index contributed by atoms with van der Waals surface area (Å²) >= 11 is 0. The molecule has 1 atom stereocenters. The highest BCUT2D eigenvalue weighted by atomic mass is 19.3. The minimum atomic E-state index is -2.90. The van der Waals surface area contributed by atoms with E-state index in [1.807, 2.05) is 0 Å². The maximum atomic E-state index is 12.1. The summed E-state index contributed by atoms with van der Waals surface area (Å²) in [6.45, 7) is 0.884. The fraction of sp³-hybridized carbons (Fsp3) is 0.417. The van der Waals surface area contributed by atoms with Crippen LogP contribution in [0.5, 0.6) is 11.5 Å².